The van der Waals surface area contributed by atoms with E-state index < -0.39 is 5.60 Å². The molecule has 21 heavy (non-hydrogen) atoms. The Bertz CT molecular complexity index is 365. The van der Waals surface area contributed by atoms with Gasteiger partial charge in [0.25, 0.3) is 0 Å². The summed E-state index contributed by atoms with van der Waals surface area (Å²) in [5.74, 6) is 0.791. The first kappa shape index (κ1) is 16.3. The van der Waals surface area contributed by atoms with Gasteiger partial charge in [0.2, 0.25) is 0 Å². The van der Waals surface area contributed by atoms with Crippen LogP contribution in [0.1, 0.15) is 52.9 Å². The Morgan fingerprint density at radius 3 is 2.52 bits per heavy atom. The van der Waals surface area contributed by atoms with Crippen molar-refractivity contribution >= 4 is 6.09 Å². The van der Waals surface area contributed by atoms with E-state index in [1.54, 1.807) is 0 Å². The lowest BCUT2D eigenvalue weighted by Crippen LogP contribution is -2.47. The number of allylic oxidation sites excluding steroid dienone is 2. The van der Waals surface area contributed by atoms with E-state index in [0.29, 0.717) is 6.04 Å². The number of carbonyl (C=O) groups is 1. The third-order valence-electron chi connectivity index (χ3n) is 4.22. The molecule has 0 aromatic rings. The van der Waals surface area contributed by atoms with E-state index >= 15 is 0 Å². The van der Waals surface area contributed by atoms with Crippen LogP contribution in [-0.4, -0.2) is 42.3 Å². The summed E-state index contributed by atoms with van der Waals surface area (Å²) in [5, 5.41) is 3.69. The summed E-state index contributed by atoms with van der Waals surface area (Å²) in [6.45, 7) is 8.46. The number of piperidine rings is 1. The molecule has 0 aromatic carbocycles. The zero-order valence-corrected chi connectivity index (χ0v) is 13.7. The summed E-state index contributed by atoms with van der Waals surface area (Å²) in [7, 11) is 0. The van der Waals surface area contributed by atoms with Crippen LogP contribution in [-0.2, 0) is 4.74 Å². The van der Waals surface area contributed by atoms with Gasteiger partial charge in [-0.3, -0.25) is 0 Å². The van der Waals surface area contributed by atoms with Crippen LogP contribution in [0.25, 0.3) is 0 Å². The van der Waals surface area contributed by atoms with Gasteiger partial charge in [-0.25, -0.2) is 4.79 Å². The summed E-state index contributed by atoms with van der Waals surface area (Å²) in [6, 6.07) is 0.551. The lowest BCUT2D eigenvalue weighted by atomic mass is 9.93. The molecule has 0 radical (unpaired) electrons. The van der Waals surface area contributed by atoms with Gasteiger partial charge in [-0.15, -0.1) is 0 Å². The minimum atomic E-state index is -0.402. The largest absolute Gasteiger partial charge is 0.444 e. The molecule has 1 atom stereocenters. The fourth-order valence-electron chi connectivity index (χ4n) is 2.97. The van der Waals surface area contributed by atoms with Crippen molar-refractivity contribution in [3.63, 3.8) is 0 Å². The molecule has 1 heterocycles. The van der Waals surface area contributed by atoms with Crippen molar-refractivity contribution in [3.05, 3.63) is 12.2 Å². The molecule has 4 heteroatoms. The van der Waals surface area contributed by atoms with Crippen LogP contribution in [0.2, 0.25) is 0 Å². The minimum Gasteiger partial charge on any atom is -0.444 e. The Morgan fingerprint density at radius 2 is 1.95 bits per heavy atom. The maximum atomic E-state index is 12.0. The molecule has 1 fully saturated rings. The van der Waals surface area contributed by atoms with Gasteiger partial charge in [-0.2, -0.15) is 0 Å². The highest BCUT2D eigenvalue weighted by molar-refractivity contribution is 5.68. The monoisotopic (exact) mass is 294 g/mol. The van der Waals surface area contributed by atoms with E-state index in [4.69, 9.17) is 4.74 Å². The van der Waals surface area contributed by atoms with Crippen molar-refractivity contribution in [2.45, 2.75) is 64.5 Å². The van der Waals surface area contributed by atoms with Gasteiger partial charge in [0, 0.05) is 19.1 Å². The predicted octanol–water partition coefficient (Wildman–Crippen LogP) is 3.33. The Morgan fingerprint density at radius 1 is 1.24 bits per heavy atom. The molecule has 0 aromatic heterocycles. The topological polar surface area (TPSA) is 41.6 Å². The summed E-state index contributed by atoms with van der Waals surface area (Å²) >= 11 is 0. The van der Waals surface area contributed by atoms with Crippen molar-refractivity contribution in [3.8, 4) is 0 Å². The van der Waals surface area contributed by atoms with Gasteiger partial charge in [0.05, 0.1) is 0 Å². The Hall–Kier alpha value is -1.03. The molecule has 1 unspecified atom stereocenters. The number of hydrogen-bond donors (Lipinski definition) is 1. The van der Waals surface area contributed by atoms with Gasteiger partial charge in [0.1, 0.15) is 5.60 Å². The molecule has 0 bridgehead atoms. The molecule has 1 N–H and O–H groups in total. The van der Waals surface area contributed by atoms with Crippen LogP contribution >= 0.6 is 0 Å². The first-order chi connectivity index (χ1) is 9.94. The SMILES string of the molecule is CC(C)(C)OC(=O)N1CCC(NCC2CC=CCC2)CC1. The van der Waals surface area contributed by atoms with Gasteiger partial charge in [-0.1, -0.05) is 12.2 Å². The van der Waals surface area contributed by atoms with Crippen LogP contribution in [0.15, 0.2) is 12.2 Å². The first-order valence-electron chi connectivity index (χ1n) is 8.30. The zero-order chi connectivity index (χ0) is 15.3. The van der Waals surface area contributed by atoms with Gasteiger partial charge in [-0.05, 0) is 65.3 Å². The van der Waals surface area contributed by atoms with E-state index in [1.807, 2.05) is 25.7 Å². The maximum absolute atomic E-state index is 12.0. The third kappa shape index (κ3) is 5.70. The molecule has 0 saturated carbocycles. The summed E-state index contributed by atoms with van der Waals surface area (Å²) in [6.07, 6.45) is 10.2. The molecule has 1 saturated heterocycles. The standard InChI is InChI=1S/C17H30N2O2/c1-17(2,3)21-16(20)19-11-9-15(10-12-19)18-13-14-7-5-4-6-8-14/h4-5,14-15,18H,6-13H2,1-3H3. The van der Waals surface area contributed by atoms with Gasteiger partial charge < -0.3 is 15.0 Å². The average Bonchev–Trinajstić information content (AvgIpc) is 2.45. The summed E-state index contributed by atoms with van der Waals surface area (Å²) < 4.78 is 5.43. The normalized spacial score (nSPS) is 24.1. The number of nitrogens with one attached hydrogen (secondary N) is 1. The maximum Gasteiger partial charge on any atom is 0.410 e. The quantitative estimate of drug-likeness (QED) is 0.812. The minimum absolute atomic E-state index is 0.168. The molecule has 1 aliphatic heterocycles. The highest BCUT2D eigenvalue weighted by Crippen LogP contribution is 2.19. The van der Waals surface area contributed by atoms with Crippen molar-refractivity contribution in [1.29, 1.82) is 0 Å². The van der Waals surface area contributed by atoms with E-state index in [1.165, 1.54) is 19.3 Å². The second-order valence-corrected chi connectivity index (χ2v) is 7.30. The molecule has 120 valence electrons. The average molecular weight is 294 g/mol. The van der Waals surface area contributed by atoms with Crippen molar-refractivity contribution in [2.24, 2.45) is 5.92 Å². The highest BCUT2D eigenvalue weighted by atomic mass is 16.6. The van der Waals surface area contributed by atoms with Crippen molar-refractivity contribution in [2.75, 3.05) is 19.6 Å². The molecular weight excluding hydrogens is 264 g/mol. The van der Waals surface area contributed by atoms with Crippen LogP contribution < -0.4 is 5.32 Å². The lowest BCUT2D eigenvalue weighted by molar-refractivity contribution is 0.0197. The second-order valence-electron chi connectivity index (χ2n) is 7.30. The van der Waals surface area contributed by atoms with E-state index in [0.717, 1.165) is 38.4 Å². The predicted molar refractivity (Wildman–Crippen MR) is 85.3 cm³/mol. The van der Waals surface area contributed by atoms with Crippen LogP contribution in [0.4, 0.5) is 4.79 Å². The molecule has 0 spiro atoms. The molecule has 4 nitrogen and oxygen atoms in total. The highest BCUT2D eigenvalue weighted by Gasteiger charge is 2.26. The fourth-order valence-corrected chi connectivity index (χ4v) is 2.97. The number of ether oxygens (including phenoxy) is 1. The molecule has 1 amide bonds. The van der Waals surface area contributed by atoms with Crippen molar-refractivity contribution in [1.82, 2.24) is 10.2 Å². The fraction of sp³-hybridized carbons (Fsp3) is 0.824. The lowest BCUT2D eigenvalue weighted by Gasteiger charge is -2.34. The Kier molecular flexibility index (Phi) is 5.68. The number of rotatable bonds is 3. The molecular formula is C17H30N2O2. The van der Waals surface area contributed by atoms with Crippen LogP contribution in [0, 0.1) is 5.92 Å². The number of amides is 1. The number of nitrogens with zero attached hydrogens (tertiary/aromatic N) is 1. The van der Waals surface area contributed by atoms with E-state index in [9.17, 15) is 4.79 Å². The summed E-state index contributed by atoms with van der Waals surface area (Å²) in [5.41, 5.74) is -0.402. The summed E-state index contributed by atoms with van der Waals surface area (Å²) in [4.78, 5) is 13.8. The smallest absolute Gasteiger partial charge is 0.410 e. The number of hydrogen-bond acceptors (Lipinski definition) is 3. The third-order valence-corrected chi connectivity index (χ3v) is 4.22. The number of carbonyl (C=O) groups excluding carboxylic acids is 1. The Labute approximate surface area is 128 Å². The molecule has 2 rings (SSSR count). The van der Waals surface area contributed by atoms with E-state index in [-0.39, 0.29) is 6.09 Å². The van der Waals surface area contributed by atoms with Crippen LogP contribution in [0.3, 0.4) is 0 Å². The zero-order valence-electron chi connectivity index (χ0n) is 13.7. The Balaban J connectivity index is 1.66. The van der Waals surface area contributed by atoms with Gasteiger partial charge >= 0.3 is 6.09 Å². The first-order valence-corrected chi connectivity index (χ1v) is 8.30. The van der Waals surface area contributed by atoms with Crippen LogP contribution in [0.5, 0.6) is 0 Å². The molecule has 2 aliphatic rings. The number of likely N-dealkylation sites (tertiary alicyclic amines) is 1. The second kappa shape index (κ2) is 7.30. The van der Waals surface area contributed by atoms with Gasteiger partial charge in [0.15, 0.2) is 0 Å². The molecule has 1 aliphatic carbocycles. The van der Waals surface area contributed by atoms with E-state index in [2.05, 4.69) is 17.5 Å². The van der Waals surface area contributed by atoms with Crippen molar-refractivity contribution < 1.29 is 9.53 Å².